The fourth-order valence-corrected chi connectivity index (χ4v) is 2.21. The highest BCUT2D eigenvalue weighted by atomic mass is 79.9. The smallest absolute Gasteiger partial charge is 0.169 e. The van der Waals surface area contributed by atoms with Gasteiger partial charge in [-0.25, -0.2) is 4.68 Å². The molecule has 0 aromatic carbocycles. The lowest BCUT2D eigenvalue weighted by Gasteiger charge is -2.14. The quantitative estimate of drug-likeness (QED) is 0.932. The molecule has 0 saturated heterocycles. The van der Waals surface area contributed by atoms with Crippen LogP contribution in [0.25, 0.3) is 11.5 Å². The molecule has 0 fully saturated rings. The van der Waals surface area contributed by atoms with E-state index in [0.29, 0.717) is 16.5 Å². The molecule has 2 aromatic rings. The van der Waals surface area contributed by atoms with Gasteiger partial charge in [0.15, 0.2) is 10.4 Å². The third-order valence-corrected chi connectivity index (χ3v) is 3.30. The number of hydrogen-bond donors (Lipinski definition) is 1. The highest BCUT2D eigenvalue weighted by molar-refractivity contribution is 9.10. The molecule has 0 amide bonds. The van der Waals surface area contributed by atoms with E-state index in [2.05, 4.69) is 34.9 Å². The number of aromatic nitrogens is 2. The molecular formula is C12H16BrN3O. The predicted octanol–water partition coefficient (Wildman–Crippen LogP) is 3.85. The van der Waals surface area contributed by atoms with Crippen LogP contribution in [0.15, 0.2) is 27.3 Å². The lowest BCUT2D eigenvalue weighted by atomic mass is 10.2. The van der Waals surface area contributed by atoms with E-state index in [1.54, 1.807) is 0 Å². The number of rotatable bonds is 4. The highest BCUT2D eigenvalue weighted by Gasteiger charge is 2.15. The van der Waals surface area contributed by atoms with Gasteiger partial charge in [-0.2, -0.15) is 5.10 Å². The average Bonchev–Trinajstić information content (AvgIpc) is 2.88. The van der Waals surface area contributed by atoms with Crippen molar-refractivity contribution in [2.75, 3.05) is 5.73 Å². The molecule has 0 saturated carbocycles. The van der Waals surface area contributed by atoms with E-state index in [1.165, 1.54) is 0 Å². The first-order chi connectivity index (χ1) is 8.15. The minimum Gasteiger partial charge on any atom is -0.448 e. The van der Waals surface area contributed by atoms with Crippen LogP contribution in [0.1, 0.15) is 32.7 Å². The van der Waals surface area contributed by atoms with Gasteiger partial charge < -0.3 is 10.2 Å². The maximum absolute atomic E-state index is 5.98. The summed E-state index contributed by atoms with van der Waals surface area (Å²) in [5.41, 5.74) is 6.76. The van der Waals surface area contributed by atoms with Crippen LogP contribution in [-0.2, 0) is 0 Å². The first-order valence-corrected chi connectivity index (χ1v) is 6.55. The number of furan rings is 1. The number of anilines is 1. The molecule has 0 aliphatic heterocycles. The van der Waals surface area contributed by atoms with E-state index in [9.17, 15) is 0 Å². The van der Waals surface area contributed by atoms with Crippen molar-refractivity contribution in [3.05, 3.63) is 22.9 Å². The van der Waals surface area contributed by atoms with E-state index in [1.807, 2.05) is 22.9 Å². The summed E-state index contributed by atoms with van der Waals surface area (Å²) in [6.07, 6.45) is 2.04. The van der Waals surface area contributed by atoms with Crippen LogP contribution in [0, 0.1) is 0 Å². The lowest BCUT2D eigenvalue weighted by Crippen LogP contribution is -2.11. The average molecular weight is 298 g/mol. The minimum atomic E-state index is 0.349. The van der Waals surface area contributed by atoms with Crippen LogP contribution in [0.2, 0.25) is 0 Å². The summed E-state index contributed by atoms with van der Waals surface area (Å²) >= 11 is 3.28. The van der Waals surface area contributed by atoms with Crippen molar-refractivity contribution in [2.45, 2.75) is 32.7 Å². The topological polar surface area (TPSA) is 57.0 Å². The zero-order valence-corrected chi connectivity index (χ0v) is 11.6. The van der Waals surface area contributed by atoms with Gasteiger partial charge in [0, 0.05) is 6.07 Å². The molecule has 0 aliphatic rings. The number of halogens is 1. The zero-order valence-electron chi connectivity index (χ0n) is 9.98. The largest absolute Gasteiger partial charge is 0.448 e. The normalized spacial score (nSPS) is 11.3. The molecule has 2 heterocycles. The van der Waals surface area contributed by atoms with Crippen LogP contribution >= 0.6 is 15.9 Å². The van der Waals surface area contributed by atoms with Crippen molar-refractivity contribution in [3.63, 3.8) is 0 Å². The van der Waals surface area contributed by atoms with Gasteiger partial charge in [0.25, 0.3) is 0 Å². The molecular weight excluding hydrogens is 282 g/mol. The third kappa shape index (κ3) is 2.39. The number of nitrogens with two attached hydrogens (primary N) is 1. The van der Waals surface area contributed by atoms with Gasteiger partial charge >= 0.3 is 0 Å². The summed E-state index contributed by atoms with van der Waals surface area (Å²) in [6, 6.07) is 5.93. The number of nitrogen functional groups attached to an aromatic ring is 1. The van der Waals surface area contributed by atoms with E-state index >= 15 is 0 Å². The number of hydrogen-bond acceptors (Lipinski definition) is 3. The lowest BCUT2D eigenvalue weighted by molar-refractivity contribution is 0.434. The van der Waals surface area contributed by atoms with Crippen molar-refractivity contribution < 1.29 is 4.42 Å². The van der Waals surface area contributed by atoms with Crippen molar-refractivity contribution in [1.82, 2.24) is 9.78 Å². The Labute approximate surface area is 109 Å². The van der Waals surface area contributed by atoms with E-state index in [-0.39, 0.29) is 0 Å². The molecule has 92 valence electrons. The maximum Gasteiger partial charge on any atom is 0.169 e. The Kier molecular flexibility index (Phi) is 3.57. The first-order valence-electron chi connectivity index (χ1n) is 5.76. The Morgan fingerprint density at radius 3 is 2.65 bits per heavy atom. The van der Waals surface area contributed by atoms with Gasteiger partial charge in [0.1, 0.15) is 11.5 Å². The van der Waals surface area contributed by atoms with E-state index in [4.69, 9.17) is 10.2 Å². The molecule has 0 bridgehead atoms. The molecule has 0 unspecified atom stereocenters. The third-order valence-electron chi connectivity index (χ3n) is 2.88. The van der Waals surface area contributed by atoms with Gasteiger partial charge in [-0.15, -0.1) is 0 Å². The molecule has 2 aromatic heterocycles. The monoisotopic (exact) mass is 297 g/mol. The second-order valence-electron chi connectivity index (χ2n) is 3.97. The van der Waals surface area contributed by atoms with Crippen LogP contribution in [0.5, 0.6) is 0 Å². The van der Waals surface area contributed by atoms with Gasteiger partial charge in [0.2, 0.25) is 0 Å². The van der Waals surface area contributed by atoms with Gasteiger partial charge in [-0.3, -0.25) is 0 Å². The Hall–Kier alpha value is -1.23. The molecule has 0 radical (unpaired) electrons. The fourth-order valence-electron chi connectivity index (χ4n) is 1.91. The molecule has 0 atom stereocenters. The summed E-state index contributed by atoms with van der Waals surface area (Å²) in [4.78, 5) is 0. The summed E-state index contributed by atoms with van der Waals surface area (Å²) in [7, 11) is 0. The highest BCUT2D eigenvalue weighted by Crippen LogP contribution is 2.28. The van der Waals surface area contributed by atoms with Crippen molar-refractivity contribution in [2.24, 2.45) is 0 Å². The van der Waals surface area contributed by atoms with Crippen LogP contribution in [0.3, 0.4) is 0 Å². The van der Waals surface area contributed by atoms with Crippen molar-refractivity contribution in [3.8, 4) is 11.5 Å². The maximum atomic E-state index is 5.98. The molecule has 5 heteroatoms. The molecule has 4 nitrogen and oxygen atoms in total. The minimum absolute atomic E-state index is 0.349. The second kappa shape index (κ2) is 4.96. The molecule has 0 aliphatic carbocycles. The molecule has 0 spiro atoms. The van der Waals surface area contributed by atoms with Gasteiger partial charge in [-0.1, -0.05) is 13.8 Å². The van der Waals surface area contributed by atoms with Crippen molar-refractivity contribution in [1.29, 1.82) is 0 Å². The summed E-state index contributed by atoms with van der Waals surface area (Å²) in [5.74, 6) is 1.41. The number of nitrogens with zero attached hydrogens (tertiary/aromatic N) is 2. The molecule has 2 rings (SSSR count). The first kappa shape index (κ1) is 12.2. The summed E-state index contributed by atoms with van der Waals surface area (Å²) < 4.78 is 8.05. The van der Waals surface area contributed by atoms with Crippen LogP contribution in [-0.4, -0.2) is 9.78 Å². The van der Waals surface area contributed by atoms with E-state index in [0.717, 1.165) is 24.3 Å². The van der Waals surface area contributed by atoms with Gasteiger partial charge in [0.05, 0.1) is 6.04 Å². The second-order valence-corrected chi connectivity index (χ2v) is 4.75. The van der Waals surface area contributed by atoms with Crippen LogP contribution in [0.4, 0.5) is 5.82 Å². The SMILES string of the molecule is CCC(CC)n1nc(-c2ccc(Br)o2)cc1N. The predicted molar refractivity (Wildman–Crippen MR) is 71.7 cm³/mol. The van der Waals surface area contributed by atoms with Crippen LogP contribution < -0.4 is 5.73 Å². The Morgan fingerprint density at radius 1 is 1.41 bits per heavy atom. The van der Waals surface area contributed by atoms with Crippen molar-refractivity contribution >= 4 is 21.7 Å². The Bertz CT molecular complexity index is 500. The summed E-state index contributed by atoms with van der Waals surface area (Å²) in [6.45, 7) is 4.27. The summed E-state index contributed by atoms with van der Waals surface area (Å²) in [5, 5.41) is 4.51. The Balaban J connectivity index is 2.36. The van der Waals surface area contributed by atoms with E-state index < -0.39 is 0 Å². The zero-order chi connectivity index (χ0) is 12.4. The Morgan fingerprint density at radius 2 is 2.12 bits per heavy atom. The molecule has 17 heavy (non-hydrogen) atoms. The van der Waals surface area contributed by atoms with Gasteiger partial charge in [-0.05, 0) is 40.9 Å². The molecule has 2 N–H and O–H groups in total. The standard InChI is InChI=1S/C12H16BrN3O/c1-3-8(4-2)16-12(14)7-9(15-16)10-5-6-11(13)17-10/h5-8H,3-4,14H2,1-2H3. The fraction of sp³-hybridized carbons (Fsp3) is 0.417.